The normalized spacial score (nSPS) is 10.4. The molecule has 0 atom stereocenters. The molecule has 1 heterocycles. The van der Waals surface area contributed by atoms with Gasteiger partial charge in [-0.3, -0.25) is 4.79 Å². The second-order valence-corrected chi connectivity index (χ2v) is 4.96. The number of halogens is 4. The van der Waals surface area contributed by atoms with Crippen LogP contribution in [0.25, 0.3) is 11.1 Å². The molecule has 6 heteroatoms. The molecule has 18 heavy (non-hydrogen) atoms. The molecule has 2 rings (SSSR count). The van der Waals surface area contributed by atoms with Crippen molar-refractivity contribution in [1.82, 2.24) is 4.98 Å². The first-order valence-electron chi connectivity index (χ1n) is 4.80. The highest BCUT2D eigenvalue weighted by atomic mass is 35.5. The third-order valence-electron chi connectivity index (χ3n) is 2.30. The van der Waals surface area contributed by atoms with Crippen molar-refractivity contribution in [3.63, 3.8) is 0 Å². The second-order valence-electron chi connectivity index (χ2n) is 3.41. The van der Waals surface area contributed by atoms with Gasteiger partial charge in [0.25, 0.3) is 0 Å². The lowest BCUT2D eigenvalue weighted by molar-refractivity contribution is 0.111. The number of hydrogen-bond acceptors (Lipinski definition) is 2. The van der Waals surface area contributed by atoms with Crippen LogP contribution in [0.15, 0.2) is 24.3 Å². The van der Waals surface area contributed by atoms with E-state index >= 15 is 0 Å². The van der Waals surface area contributed by atoms with Gasteiger partial charge in [-0.1, -0.05) is 46.4 Å². The number of carbonyl (C=O) groups excluding carboxylic acids is 1. The number of pyridine rings is 1. The summed E-state index contributed by atoms with van der Waals surface area (Å²) >= 11 is 24.1. The molecule has 2 nitrogen and oxygen atoms in total. The third kappa shape index (κ3) is 2.47. The SMILES string of the molecule is O=Cc1ccc(-c2c(Cl)ccc(Cl)c2Cl)c(Cl)n1. The molecule has 1 aromatic carbocycles. The van der Waals surface area contributed by atoms with E-state index in [-0.39, 0.29) is 10.8 Å². The minimum Gasteiger partial charge on any atom is -0.296 e. The lowest BCUT2D eigenvalue weighted by atomic mass is 10.1. The highest BCUT2D eigenvalue weighted by Gasteiger charge is 2.15. The summed E-state index contributed by atoms with van der Waals surface area (Å²) < 4.78 is 0. The fourth-order valence-electron chi connectivity index (χ4n) is 1.47. The van der Waals surface area contributed by atoms with E-state index in [0.717, 1.165) is 0 Å². The van der Waals surface area contributed by atoms with Crippen LogP contribution in [0.2, 0.25) is 20.2 Å². The fourth-order valence-corrected chi connectivity index (χ4v) is 2.46. The first-order chi connectivity index (χ1) is 8.54. The Bertz CT molecular complexity index is 628. The van der Waals surface area contributed by atoms with Gasteiger partial charge in [0.15, 0.2) is 6.29 Å². The Morgan fingerprint density at radius 2 is 1.61 bits per heavy atom. The zero-order chi connectivity index (χ0) is 13.3. The van der Waals surface area contributed by atoms with Gasteiger partial charge in [0, 0.05) is 11.1 Å². The second kappa shape index (κ2) is 5.45. The van der Waals surface area contributed by atoms with Crippen LogP contribution in [0, 0.1) is 0 Å². The summed E-state index contributed by atoms with van der Waals surface area (Å²) in [6.07, 6.45) is 0.608. The molecule has 0 saturated carbocycles. The van der Waals surface area contributed by atoms with Crippen LogP contribution in [0.4, 0.5) is 0 Å². The Labute approximate surface area is 123 Å². The Kier molecular flexibility index (Phi) is 4.13. The molecule has 0 amide bonds. The van der Waals surface area contributed by atoms with Crippen molar-refractivity contribution in [2.24, 2.45) is 0 Å². The average Bonchev–Trinajstić information content (AvgIpc) is 2.36. The fraction of sp³-hybridized carbons (Fsp3) is 0. The van der Waals surface area contributed by atoms with Crippen molar-refractivity contribution in [3.05, 3.63) is 50.2 Å². The van der Waals surface area contributed by atoms with E-state index in [1.165, 1.54) is 6.07 Å². The van der Waals surface area contributed by atoms with Gasteiger partial charge in [-0.25, -0.2) is 4.98 Å². The smallest absolute Gasteiger partial charge is 0.168 e. The highest BCUT2D eigenvalue weighted by molar-refractivity contribution is 6.46. The minimum absolute atomic E-state index is 0.144. The maximum atomic E-state index is 10.6. The first-order valence-corrected chi connectivity index (χ1v) is 6.31. The summed E-state index contributed by atoms with van der Waals surface area (Å²) in [6, 6.07) is 6.37. The molecular weight excluding hydrogens is 316 g/mol. The number of benzene rings is 1. The lowest BCUT2D eigenvalue weighted by Gasteiger charge is -2.10. The van der Waals surface area contributed by atoms with E-state index in [1.807, 2.05) is 0 Å². The number of aromatic nitrogens is 1. The summed E-state index contributed by atoms with van der Waals surface area (Å²) in [6.45, 7) is 0. The average molecular weight is 321 g/mol. The van der Waals surface area contributed by atoms with Crippen LogP contribution in [0.1, 0.15) is 10.5 Å². The van der Waals surface area contributed by atoms with E-state index in [2.05, 4.69) is 4.98 Å². The van der Waals surface area contributed by atoms with Crippen LogP contribution in [-0.4, -0.2) is 11.3 Å². The van der Waals surface area contributed by atoms with Crippen LogP contribution in [0.5, 0.6) is 0 Å². The molecule has 0 aliphatic carbocycles. The largest absolute Gasteiger partial charge is 0.296 e. The van der Waals surface area contributed by atoms with Crippen molar-refractivity contribution in [2.75, 3.05) is 0 Å². The first kappa shape index (κ1) is 13.6. The molecule has 1 aromatic heterocycles. The van der Waals surface area contributed by atoms with Crippen molar-refractivity contribution in [3.8, 4) is 11.1 Å². The quantitative estimate of drug-likeness (QED) is 0.434. The lowest BCUT2D eigenvalue weighted by Crippen LogP contribution is -1.91. The van der Waals surface area contributed by atoms with E-state index in [9.17, 15) is 4.79 Å². The number of rotatable bonds is 2. The third-order valence-corrected chi connectivity index (χ3v) is 3.71. The van der Waals surface area contributed by atoms with Gasteiger partial charge in [0.2, 0.25) is 0 Å². The van der Waals surface area contributed by atoms with Crippen molar-refractivity contribution >= 4 is 52.7 Å². The Morgan fingerprint density at radius 3 is 2.22 bits per heavy atom. The highest BCUT2D eigenvalue weighted by Crippen LogP contribution is 2.41. The molecular formula is C12H5Cl4NO. The minimum atomic E-state index is 0.144. The molecule has 0 aliphatic heterocycles. The number of hydrogen-bond donors (Lipinski definition) is 0. The van der Waals surface area contributed by atoms with Gasteiger partial charge in [-0.05, 0) is 24.3 Å². The predicted molar refractivity (Wildman–Crippen MR) is 75.1 cm³/mol. The molecule has 0 fully saturated rings. The number of aldehydes is 1. The van der Waals surface area contributed by atoms with E-state index in [4.69, 9.17) is 46.4 Å². The summed E-state index contributed by atoms with van der Waals surface area (Å²) in [5.74, 6) is 0. The van der Waals surface area contributed by atoms with E-state index in [0.29, 0.717) is 32.5 Å². The number of carbonyl (C=O) groups is 1. The molecule has 0 radical (unpaired) electrons. The summed E-state index contributed by atoms with van der Waals surface area (Å²) in [5, 5.41) is 1.22. The summed E-state index contributed by atoms with van der Waals surface area (Å²) in [5.41, 5.74) is 1.26. The zero-order valence-corrected chi connectivity index (χ0v) is 11.8. The van der Waals surface area contributed by atoms with Gasteiger partial charge in [-0.15, -0.1) is 0 Å². The molecule has 0 bridgehead atoms. The van der Waals surface area contributed by atoms with Crippen molar-refractivity contribution in [2.45, 2.75) is 0 Å². The standard InChI is InChI=1S/C12H5Cl4NO/c13-8-3-4-9(14)11(15)10(8)7-2-1-6(5-18)17-12(7)16/h1-5H. The van der Waals surface area contributed by atoms with Gasteiger partial charge in [0.1, 0.15) is 10.8 Å². The topological polar surface area (TPSA) is 30.0 Å². The zero-order valence-electron chi connectivity index (χ0n) is 8.75. The predicted octanol–water partition coefficient (Wildman–Crippen LogP) is 5.17. The molecule has 0 spiro atoms. The Balaban J connectivity index is 2.69. The van der Waals surface area contributed by atoms with Gasteiger partial charge in [-0.2, -0.15) is 0 Å². The molecule has 0 saturated heterocycles. The van der Waals surface area contributed by atoms with Crippen LogP contribution < -0.4 is 0 Å². The van der Waals surface area contributed by atoms with E-state index in [1.54, 1.807) is 18.2 Å². The number of nitrogens with zero attached hydrogens (tertiary/aromatic N) is 1. The maximum absolute atomic E-state index is 10.6. The molecule has 2 aromatic rings. The molecule has 0 N–H and O–H groups in total. The van der Waals surface area contributed by atoms with Crippen LogP contribution in [-0.2, 0) is 0 Å². The Hall–Kier alpha value is -0.800. The maximum Gasteiger partial charge on any atom is 0.168 e. The monoisotopic (exact) mass is 319 g/mol. The van der Waals surface area contributed by atoms with Gasteiger partial charge < -0.3 is 0 Å². The summed E-state index contributed by atoms with van der Waals surface area (Å²) in [4.78, 5) is 14.5. The van der Waals surface area contributed by atoms with Crippen LogP contribution in [0.3, 0.4) is 0 Å². The van der Waals surface area contributed by atoms with Gasteiger partial charge in [0.05, 0.1) is 15.1 Å². The van der Waals surface area contributed by atoms with Crippen LogP contribution >= 0.6 is 46.4 Å². The molecule has 0 aliphatic rings. The van der Waals surface area contributed by atoms with Gasteiger partial charge >= 0.3 is 0 Å². The summed E-state index contributed by atoms with van der Waals surface area (Å²) in [7, 11) is 0. The van der Waals surface area contributed by atoms with E-state index < -0.39 is 0 Å². The molecule has 0 unspecified atom stereocenters. The molecule has 92 valence electrons. The van der Waals surface area contributed by atoms with Crippen molar-refractivity contribution < 1.29 is 4.79 Å². The van der Waals surface area contributed by atoms with Crippen molar-refractivity contribution in [1.29, 1.82) is 0 Å². The Morgan fingerprint density at radius 1 is 0.944 bits per heavy atom.